The second-order valence-corrected chi connectivity index (χ2v) is 8.01. The Labute approximate surface area is 183 Å². The van der Waals surface area contributed by atoms with Crippen LogP contribution < -0.4 is 14.8 Å². The van der Waals surface area contributed by atoms with Crippen LogP contribution in [0.5, 0.6) is 11.5 Å². The number of methoxy groups -OCH3 is 2. The molecule has 2 aromatic rings. The minimum Gasteiger partial charge on any atom is -0.497 e. The van der Waals surface area contributed by atoms with Crippen molar-refractivity contribution in [2.45, 2.75) is 19.5 Å². The van der Waals surface area contributed by atoms with Gasteiger partial charge in [-0.3, -0.25) is 14.6 Å². The van der Waals surface area contributed by atoms with Gasteiger partial charge in [-0.15, -0.1) is 0 Å². The normalized spacial score (nSPS) is 16.1. The van der Waals surface area contributed by atoms with Gasteiger partial charge >= 0.3 is 0 Å². The molecule has 1 unspecified atom stereocenters. The van der Waals surface area contributed by atoms with E-state index in [0.29, 0.717) is 11.6 Å². The van der Waals surface area contributed by atoms with E-state index in [1.165, 1.54) is 0 Å². The van der Waals surface area contributed by atoms with E-state index in [1.54, 1.807) is 14.2 Å². The Bertz CT molecular complexity index is 836. The van der Waals surface area contributed by atoms with Gasteiger partial charge in [-0.2, -0.15) is 0 Å². The second kappa shape index (κ2) is 10.7. The maximum absolute atomic E-state index is 12.5. The molecule has 2 aromatic carbocycles. The van der Waals surface area contributed by atoms with Crippen LogP contribution >= 0.6 is 11.6 Å². The van der Waals surface area contributed by atoms with E-state index in [2.05, 4.69) is 15.1 Å². The second-order valence-electron chi connectivity index (χ2n) is 7.57. The zero-order valence-corrected chi connectivity index (χ0v) is 18.6. The average molecular weight is 432 g/mol. The van der Waals surface area contributed by atoms with E-state index in [0.717, 1.165) is 55.3 Å². The number of amides is 1. The summed E-state index contributed by atoms with van der Waals surface area (Å²) in [6, 6.07) is 13.4. The number of hydrogen-bond donors (Lipinski definition) is 1. The topological polar surface area (TPSA) is 54.0 Å². The van der Waals surface area contributed by atoms with Gasteiger partial charge in [0.05, 0.1) is 26.8 Å². The smallest absolute Gasteiger partial charge is 0.234 e. The number of hydrogen-bond acceptors (Lipinski definition) is 5. The number of rotatable bonds is 8. The number of carbonyl (C=O) groups is 1. The Morgan fingerprint density at radius 3 is 2.33 bits per heavy atom. The monoisotopic (exact) mass is 431 g/mol. The van der Waals surface area contributed by atoms with E-state index in [4.69, 9.17) is 21.1 Å². The highest BCUT2D eigenvalue weighted by Gasteiger charge is 2.21. The Morgan fingerprint density at radius 1 is 1.03 bits per heavy atom. The summed E-state index contributed by atoms with van der Waals surface area (Å²) in [4.78, 5) is 17.0. The molecular formula is C23H30ClN3O3. The first-order valence-corrected chi connectivity index (χ1v) is 10.6. The van der Waals surface area contributed by atoms with Crippen LogP contribution in [0.1, 0.15) is 24.1 Å². The van der Waals surface area contributed by atoms with Crippen molar-refractivity contribution in [2.75, 3.05) is 46.9 Å². The molecule has 0 saturated carbocycles. The Balaban J connectivity index is 1.46. The van der Waals surface area contributed by atoms with Gasteiger partial charge in [0.1, 0.15) is 11.5 Å². The van der Waals surface area contributed by atoms with Gasteiger partial charge in [-0.25, -0.2) is 0 Å². The number of piperazine rings is 1. The van der Waals surface area contributed by atoms with Crippen LogP contribution in [0.4, 0.5) is 0 Å². The van der Waals surface area contributed by atoms with Crippen molar-refractivity contribution in [1.82, 2.24) is 15.1 Å². The molecule has 1 saturated heterocycles. The minimum absolute atomic E-state index is 0.0420. The fraction of sp³-hybridized carbons (Fsp3) is 0.435. The lowest BCUT2D eigenvalue weighted by atomic mass is 10.1. The van der Waals surface area contributed by atoms with Crippen LogP contribution in [0.15, 0.2) is 42.5 Å². The molecule has 162 valence electrons. The van der Waals surface area contributed by atoms with Crippen LogP contribution in [0, 0.1) is 0 Å². The molecule has 0 aliphatic carbocycles. The number of halogens is 1. The molecule has 1 heterocycles. The Hall–Kier alpha value is -2.28. The lowest BCUT2D eigenvalue weighted by Gasteiger charge is -2.34. The summed E-state index contributed by atoms with van der Waals surface area (Å²) in [6.07, 6.45) is 0. The molecule has 1 N–H and O–H groups in total. The molecule has 6 nitrogen and oxygen atoms in total. The number of nitrogens with zero attached hydrogens (tertiary/aromatic N) is 2. The predicted molar refractivity (Wildman–Crippen MR) is 119 cm³/mol. The summed E-state index contributed by atoms with van der Waals surface area (Å²) in [5, 5.41) is 3.77. The van der Waals surface area contributed by atoms with Crippen molar-refractivity contribution in [3.63, 3.8) is 0 Å². The first-order chi connectivity index (χ1) is 14.5. The van der Waals surface area contributed by atoms with E-state index in [1.807, 2.05) is 49.4 Å². The largest absolute Gasteiger partial charge is 0.497 e. The molecule has 1 aliphatic rings. The van der Waals surface area contributed by atoms with Gasteiger partial charge in [-0.05, 0) is 42.8 Å². The molecule has 1 atom stereocenters. The van der Waals surface area contributed by atoms with Gasteiger partial charge in [0, 0.05) is 43.3 Å². The first-order valence-electron chi connectivity index (χ1n) is 10.2. The minimum atomic E-state index is -0.0448. The molecule has 1 fully saturated rings. The maximum Gasteiger partial charge on any atom is 0.234 e. The summed E-state index contributed by atoms with van der Waals surface area (Å²) in [5.74, 6) is 1.74. The summed E-state index contributed by atoms with van der Waals surface area (Å²) < 4.78 is 10.8. The van der Waals surface area contributed by atoms with Crippen LogP contribution in [-0.2, 0) is 11.3 Å². The fourth-order valence-corrected chi connectivity index (χ4v) is 3.80. The summed E-state index contributed by atoms with van der Waals surface area (Å²) >= 11 is 5.93. The van der Waals surface area contributed by atoms with Gasteiger partial charge < -0.3 is 14.8 Å². The van der Waals surface area contributed by atoms with Crippen molar-refractivity contribution in [1.29, 1.82) is 0 Å². The van der Waals surface area contributed by atoms with Crippen LogP contribution in [-0.4, -0.2) is 62.7 Å². The van der Waals surface area contributed by atoms with Gasteiger partial charge in [0.15, 0.2) is 0 Å². The molecule has 3 rings (SSSR count). The van der Waals surface area contributed by atoms with E-state index in [-0.39, 0.29) is 11.9 Å². The molecule has 0 spiro atoms. The van der Waals surface area contributed by atoms with Gasteiger partial charge in [0.25, 0.3) is 0 Å². The number of carbonyl (C=O) groups excluding carboxylic acids is 1. The van der Waals surface area contributed by atoms with Crippen LogP contribution in [0.25, 0.3) is 0 Å². The van der Waals surface area contributed by atoms with E-state index >= 15 is 0 Å². The predicted octanol–water partition coefficient (Wildman–Crippen LogP) is 3.35. The Kier molecular flexibility index (Phi) is 7.96. The third-order valence-electron chi connectivity index (χ3n) is 5.46. The molecule has 0 radical (unpaired) electrons. The molecule has 0 aromatic heterocycles. The quantitative estimate of drug-likeness (QED) is 0.694. The van der Waals surface area contributed by atoms with Gasteiger partial charge in [-0.1, -0.05) is 23.7 Å². The molecule has 7 heteroatoms. The highest BCUT2D eigenvalue weighted by molar-refractivity contribution is 6.30. The zero-order valence-electron chi connectivity index (χ0n) is 17.9. The standard InChI is InChI=1S/C23H30ClN3O3/c1-17(18-4-6-20(24)7-5-18)25-23(28)16-27-12-10-26(11-13-27)15-19-14-21(29-2)8-9-22(19)30-3/h4-9,14,17H,10-13,15-16H2,1-3H3,(H,25,28). The van der Waals surface area contributed by atoms with Crippen molar-refractivity contribution >= 4 is 17.5 Å². The first kappa shape index (κ1) is 22.4. The van der Waals surface area contributed by atoms with Crippen molar-refractivity contribution in [3.05, 3.63) is 58.6 Å². The molecular weight excluding hydrogens is 402 g/mol. The van der Waals surface area contributed by atoms with Crippen LogP contribution in [0.3, 0.4) is 0 Å². The summed E-state index contributed by atoms with van der Waals surface area (Å²) in [7, 11) is 3.36. The molecule has 1 aliphatic heterocycles. The van der Waals surface area contributed by atoms with Gasteiger partial charge in [0.2, 0.25) is 5.91 Å². The van der Waals surface area contributed by atoms with E-state index < -0.39 is 0 Å². The zero-order chi connectivity index (χ0) is 21.5. The average Bonchev–Trinajstić information content (AvgIpc) is 2.75. The number of benzene rings is 2. The van der Waals surface area contributed by atoms with Crippen molar-refractivity contribution in [2.24, 2.45) is 0 Å². The lowest BCUT2D eigenvalue weighted by Crippen LogP contribution is -2.49. The summed E-state index contributed by atoms with van der Waals surface area (Å²) in [6.45, 7) is 6.72. The van der Waals surface area contributed by atoms with E-state index in [9.17, 15) is 4.79 Å². The summed E-state index contributed by atoms with van der Waals surface area (Å²) in [5.41, 5.74) is 2.16. The maximum atomic E-state index is 12.5. The number of nitrogens with one attached hydrogen (secondary N) is 1. The molecule has 0 bridgehead atoms. The highest BCUT2D eigenvalue weighted by Crippen LogP contribution is 2.25. The SMILES string of the molecule is COc1ccc(OC)c(CN2CCN(CC(=O)NC(C)c3ccc(Cl)cc3)CC2)c1. The van der Waals surface area contributed by atoms with Crippen molar-refractivity contribution in [3.8, 4) is 11.5 Å². The van der Waals surface area contributed by atoms with Crippen molar-refractivity contribution < 1.29 is 14.3 Å². The lowest BCUT2D eigenvalue weighted by molar-refractivity contribution is -0.123. The molecule has 30 heavy (non-hydrogen) atoms. The number of ether oxygens (including phenoxy) is 2. The van der Waals surface area contributed by atoms with Crippen LogP contribution in [0.2, 0.25) is 5.02 Å². The molecule has 1 amide bonds. The fourth-order valence-electron chi connectivity index (χ4n) is 3.68. The Morgan fingerprint density at radius 2 is 1.70 bits per heavy atom. The third kappa shape index (κ3) is 6.11. The highest BCUT2D eigenvalue weighted by atomic mass is 35.5. The third-order valence-corrected chi connectivity index (χ3v) is 5.71.